The highest BCUT2D eigenvalue weighted by Crippen LogP contribution is 2.35. The quantitative estimate of drug-likeness (QED) is 0.547. The molecule has 2 aromatic carbocycles. The van der Waals surface area contributed by atoms with Gasteiger partial charge in [-0.05, 0) is 25.1 Å². The highest BCUT2D eigenvalue weighted by molar-refractivity contribution is 6.32. The van der Waals surface area contributed by atoms with Gasteiger partial charge in [-0.3, -0.25) is 4.79 Å². The van der Waals surface area contributed by atoms with E-state index < -0.39 is 23.6 Å². The average molecular weight is 419 g/mol. The highest BCUT2D eigenvalue weighted by Gasteiger charge is 2.25. The summed E-state index contributed by atoms with van der Waals surface area (Å²) in [5, 5.41) is 27.2. The Morgan fingerprint density at radius 2 is 1.97 bits per heavy atom. The maximum Gasteiger partial charge on any atom is 0.348 e. The molecule has 0 aliphatic carbocycles. The van der Waals surface area contributed by atoms with Crippen LogP contribution in [0.3, 0.4) is 0 Å². The maximum atomic E-state index is 12.8. The third kappa shape index (κ3) is 3.69. The molecule has 3 N–H and O–H groups in total. The Labute approximate surface area is 170 Å². The van der Waals surface area contributed by atoms with Crippen LogP contribution in [0.1, 0.15) is 17.3 Å². The minimum Gasteiger partial charge on any atom is -0.507 e. The molecule has 0 saturated carbocycles. The average Bonchev–Trinajstić information content (AvgIpc) is 3.07. The molecule has 3 aromatic rings. The van der Waals surface area contributed by atoms with Crippen LogP contribution in [0.15, 0.2) is 41.2 Å². The van der Waals surface area contributed by atoms with E-state index in [2.05, 4.69) is 10.2 Å². The second-order valence-electron chi connectivity index (χ2n) is 6.28. The summed E-state index contributed by atoms with van der Waals surface area (Å²) in [4.78, 5) is 26.4. The number of aromatic nitrogens is 3. The Bertz CT molecular complexity index is 1120. The lowest BCUT2D eigenvalue weighted by atomic mass is 10.1. The summed E-state index contributed by atoms with van der Waals surface area (Å²) in [6, 6.07) is 8.89. The van der Waals surface area contributed by atoms with Gasteiger partial charge in [0.25, 0.3) is 5.91 Å². The topological polar surface area (TPSA) is 121 Å². The van der Waals surface area contributed by atoms with E-state index in [1.54, 1.807) is 31.2 Å². The van der Waals surface area contributed by atoms with Gasteiger partial charge in [0.05, 0.1) is 21.8 Å². The monoisotopic (exact) mass is 418 g/mol. The predicted octanol–water partition coefficient (Wildman–Crippen LogP) is 2.36. The number of H-pyrrole nitrogens is 1. The Balaban J connectivity index is 2.18. The van der Waals surface area contributed by atoms with E-state index in [0.717, 1.165) is 6.07 Å². The van der Waals surface area contributed by atoms with Gasteiger partial charge in [0.2, 0.25) is 0 Å². The van der Waals surface area contributed by atoms with Crippen molar-refractivity contribution in [1.29, 1.82) is 0 Å². The maximum absolute atomic E-state index is 12.8. The molecule has 3 rings (SSSR count). The zero-order valence-corrected chi connectivity index (χ0v) is 16.6. The number of aromatic hydroxyl groups is 2. The molecule has 29 heavy (non-hydrogen) atoms. The molecule has 0 aliphatic heterocycles. The lowest BCUT2D eigenvalue weighted by molar-refractivity contribution is 0.00186. The van der Waals surface area contributed by atoms with E-state index in [9.17, 15) is 19.8 Å². The number of nitrogens with zero attached hydrogens (tertiary/aromatic N) is 3. The number of phenols is 2. The van der Waals surface area contributed by atoms with Crippen molar-refractivity contribution < 1.29 is 19.7 Å². The van der Waals surface area contributed by atoms with E-state index >= 15 is 0 Å². The highest BCUT2D eigenvalue weighted by atomic mass is 35.5. The van der Waals surface area contributed by atoms with Crippen molar-refractivity contribution in [2.75, 3.05) is 14.2 Å². The molecule has 1 aromatic heterocycles. The lowest BCUT2D eigenvalue weighted by Gasteiger charge is -2.24. The van der Waals surface area contributed by atoms with Crippen LogP contribution >= 0.6 is 11.6 Å². The van der Waals surface area contributed by atoms with Gasteiger partial charge in [-0.1, -0.05) is 23.7 Å². The summed E-state index contributed by atoms with van der Waals surface area (Å²) < 4.78 is 6.29. The van der Waals surface area contributed by atoms with E-state index in [4.69, 9.17) is 16.3 Å². The molecule has 9 nitrogen and oxygen atoms in total. The van der Waals surface area contributed by atoms with Gasteiger partial charge in [-0.25, -0.2) is 14.5 Å². The first-order valence-corrected chi connectivity index (χ1v) is 8.92. The largest absolute Gasteiger partial charge is 0.507 e. The van der Waals surface area contributed by atoms with Crippen molar-refractivity contribution in [2.45, 2.75) is 13.2 Å². The van der Waals surface area contributed by atoms with Crippen molar-refractivity contribution in [2.24, 2.45) is 0 Å². The van der Waals surface area contributed by atoms with Gasteiger partial charge in [-0.15, -0.1) is 0 Å². The molecule has 1 unspecified atom stereocenters. The van der Waals surface area contributed by atoms with Crippen LogP contribution in [0.5, 0.6) is 11.5 Å². The predicted molar refractivity (Wildman–Crippen MR) is 107 cm³/mol. The summed E-state index contributed by atoms with van der Waals surface area (Å²) in [5.41, 5.74) is -0.278. The second kappa shape index (κ2) is 7.98. The molecule has 0 spiro atoms. The number of carbonyl (C=O) groups is 1. The Hall–Kier alpha value is -3.30. The third-order valence-electron chi connectivity index (χ3n) is 4.56. The minimum absolute atomic E-state index is 0.0251. The van der Waals surface area contributed by atoms with Crippen LogP contribution in [0.25, 0.3) is 17.1 Å². The molecule has 0 radical (unpaired) electrons. The van der Waals surface area contributed by atoms with E-state index in [1.807, 2.05) is 0 Å². The number of hydrogen-bond donors (Lipinski definition) is 3. The lowest BCUT2D eigenvalue weighted by Crippen LogP contribution is -2.36. The number of carbonyl (C=O) groups excluding carboxylic acids is 1. The fraction of sp³-hybridized carbons (Fsp3) is 0.211. The van der Waals surface area contributed by atoms with Crippen molar-refractivity contribution >= 4 is 17.5 Å². The molecular formula is C19H19ClN4O5. The number of halogens is 1. The van der Waals surface area contributed by atoms with Crippen LogP contribution in [0.4, 0.5) is 0 Å². The number of amides is 1. The minimum atomic E-state index is -0.585. The normalized spacial score (nSPS) is 12.0. The first kappa shape index (κ1) is 20.4. The number of methoxy groups -OCH3 is 1. The summed E-state index contributed by atoms with van der Waals surface area (Å²) in [5.74, 6) is -1.31. The first-order valence-electron chi connectivity index (χ1n) is 8.54. The van der Waals surface area contributed by atoms with Gasteiger partial charge >= 0.3 is 5.69 Å². The second-order valence-corrected chi connectivity index (χ2v) is 6.68. The number of nitrogens with one attached hydrogen (secondary N) is 1. The molecule has 0 aliphatic rings. The molecular weight excluding hydrogens is 400 g/mol. The molecule has 1 atom stereocenters. The van der Waals surface area contributed by atoms with Gasteiger partial charge < -0.3 is 19.8 Å². The van der Waals surface area contributed by atoms with Gasteiger partial charge in [0, 0.05) is 20.2 Å². The summed E-state index contributed by atoms with van der Waals surface area (Å²) in [6.07, 6.45) is -0.550. The van der Waals surface area contributed by atoms with Crippen molar-refractivity contribution in [3.8, 4) is 28.6 Å². The fourth-order valence-electron chi connectivity index (χ4n) is 2.78. The molecule has 0 saturated heterocycles. The van der Waals surface area contributed by atoms with Crippen LogP contribution in [-0.4, -0.2) is 56.2 Å². The number of benzene rings is 2. The van der Waals surface area contributed by atoms with E-state index in [0.29, 0.717) is 10.7 Å². The zero-order chi connectivity index (χ0) is 21.3. The Kier molecular flexibility index (Phi) is 5.62. The molecule has 10 heteroatoms. The summed E-state index contributed by atoms with van der Waals surface area (Å²) in [6.45, 7) is 1.67. The summed E-state index contributed by atoms with van der Waals surface area (Å²) >= 11 is 6.21. The number of aromatic amines is 1. The van der Waals surface area contributed by atoms with Gasteiger partial charge in [0.15, 0.2) is 5.82 Å². The van der Waals surface area contributed by atoms with Crippen LogP contribution in [0, 0.1) is 0 Å². The smallest absolute Gasteiger partial charge is 0.348 e. The van der Waals surface area contributed by atoms with Gasteiger partial charge in [-0.2, -0.15) is 5.10 Å². The molecule has 0 bridgehead atoms. The van der Waals surface area contributed by atoms with Crippen LogP contribution in [0.2, 0.25) is 5.02 Å². The molecule has 152 valence electrons. The third-order valence-corrected chi connectivity index (χ3v) is 4.88. The van der Waals surface area contributed by atoms with Crippen molar-refractivity contribution in [3.05, 3.63) is 57.5 Å². The molecule has 1 amide bonds. The SMILES string of the molecule is COC(C)N(C)C(=O)c1cc(-c2n[nH]c(=O)n2-c2ccccc2Cl)c(O)cc1O. The number of ether oxygens (including phenoxy) is 1. The van der Waals surface area contributed by atoms with Gasteiger partial charge in [0.1, 0.15) is 17.7 Å². The van der Waals surface area contributed by atoms with E-state index in [-0.39, 0.29) is 22.7 Å². The number of phenolic OH excluding ortho intramolecular Hbond substituents is 2. The molecule has 0 fully saturated rings. The zero-order valence-electron chi connectivity index (χ0n) is 15.9. The van der Waals surface area contributed by atoms with E-state index in [1.165, 1.54) is 29.7 Å². The first-order chi connectivity index (χ1) is 13.8. The Morgan fingerprint density at radius 3 is 2.62 bits per heavy atom. The van der Waals surface area contributed by atoms with Crippen LogP contribution in [-0.2, 0) is 4.74 Å². The molecule has 1 heterocycles. The number of para-hydroxylation sites is 1. The van der Waals surface area contributed by atoms with Crippen LogP contribution < -0.4 is 5.69 Å². The number of hydrogen-bond acceptors (Lipinski definition) is 6. The Morgan fingerprint density at radius 1 is 1.28 bits per heavy atom. The van der Waals surface area contributed by atoms with Crippen molar-refractivity contribution in [1.82, 2.24) is 19.7 Å². The fourth-order valence-corrected chi connectivity index (χ4v) is 3.00. The standard InChI is InChI=1S/C19H19ClN4O5/c1-10(29-3)23(2)18(27)12-8-11(15(25)9-16(12)26)17-21-22-19(28)24(17)14-7-5-4-6-13(14)20/h4-10,25-26H,1-3H3,(H,22,28). The van der Waals surface area contributed by atoms with Crippen molar-refractivity contribution in [3.63, 3.8) is 0 Å². The summed E-state index contributed by atoms with van der Waals surface area (Å²) in [7, 11) is 2.96. The number of rotatable bonds is 5.